The molecule has 1 aromatic rings. The van der Waals surface area contributed by atoms with E-state index in [-0.39, 0.29) is 5.43 Å². The minimum absolute atomic E-state index is 0.109. The van der Waals surface area contributed by atoms with Crippen molar-refractivity contribution in [2.45, 2.75) is 8.42 Å². The van der Waals surface area contributed by atoms with E-state index >= 15 is 0 Å². The van der Waals surface area contributed by atoms with Crippen LogP contribution in [0.4, 0.5) is 0 Å². The summed E-state index contributed by atoms with van der Waals surface area (Å²) >= 11 is 4.90. The van der Waals surface area contributed by atoms with Crippen LogP contribution in [0.5, 0.6) is 0 Å². The van der Waals surface area contributed by atoms with Gasteiger partial charge in [-0.2, -0.15) is 0 Å². The van der Waals surface area contributed by atoms with Crippen molar-refractivity contribution in [1.29, 1.82) is 0 Å². The van der Waals surface area contributed by atoms with Crippen LogP contribution in [-0.2, 0) is 0 Å². The molecule has 0 atom stereocenters. The first-order chi connectivity index (χ1) is 5.26. The van der Waals surface area contributed by atoms with Crippen molar-refractivity contribution in [3.63, 3.8) is 0 Å². The Morgan fingerprint density at radius 2 is 1.64 bits per heavy atom. The van der Waals surface area contributed by atoms with Crippen LogP contribution in [0.2, 0.25) is 0 Å². The van der Waals surface area contributed by atoms with Gasteiger partial charge in [-0.25, -0.2) is 0 Å². The Balaban J connectivity index is 3.12. The Bertz CT molecular complexity index is 267. The molecular weight excluding hydrogens is 196 g/mol. The van der Waals surface area contributed by atoms with Gasteiger partial charge >= 0.3 is 0 Å². The average molecular weight is 204 g/mol. The summed E-state index contributed by atoms with van der Waals surface area (Å²) in [6.45, 7) is 0. The van der Waals surface area contributed by atoms with E-state index in [2.05, 4.69) is 0 Å². The average Bonchev–Trinajstić information content (AvgIpc) is 2.03. The highest BCUT2D eigenvalue weighted by atomic mass is 32.2. The Morgan fingerprint density at radius 1 is 1.18 bits per heavy atom. The number of hydrogen-bond acceptors (Lipinski definition) is 4. The van der Waals surface area contributed by atoms with Gasteiger partial charge in [0.1, 0.15) is 0 Å². The van der Waals surface area contributed by atoms with E-state index in [4.69, 9.17) is 0 Å². The fourth-order valence-electron chi connectivity index (χ4n) is 0.633. The lowest BCUT2D eigenvalue weighted by atomic mass is 10.5. The summed E-state index contributed by atoms with van der Waals surface area (Å²) in [5.41, 5.74) is 0.109. The summed E-state index contributed by atoms with van der Waals surface area (Å²) in [5.74, 6) is 0. The summed E-state index contributed by atoms with van der Waals surface area (Å²) < 4.78 is 2.17. The van der Waals surface area contributed by atoms with Crippen molar-refractivity contribution in [3.8, 4) is 0 Å². The summed E-state index contributed by atoms with van der Waals surface area (Å²) in [5, 5.41) is 0. The molecule has 0 N–H and O–H groups in total. The first kappa shape index (κ1) is 9.16. The number of hydrogen-bond donors (Lipinski definition) is 0. The fourth-order valence-corrected chi connectivity index (χ4v) is 3.01. The SMILES string of the molecule is CSc1cc(=O)cc(SC)s1. The molecule has 0 fully saturated rings. The van der Waals surface area contributed by atoms with E-state index in [9.17, 15) is 4.79 Å². The lowest BCUT2D eigenvalue weighted by Gasteiger charge is -1.95. The largest absolute Gasteiger partial charge is 0.290 e. The second kappa shape index (κ2) is 4.18. The van der Waals surface area contributed by atoms with Crippen LogP contribution in [0.3, 0.4) is 0 Å². The van der Waals surface area contributed by atoms with Gasteiger partial charge in [-0.3, -0.25) is 4.79 Å². The third kappa shape index (κ3) is 2.54. The van der Waals surface area contributed by atoms with Gasteiger partial charge in [0.05, 0.1) is 8.42 Å². The van der Waals surface area contributed by atoms with Gasteiger partial charge in [0.25, 0.3) is 0 Å². The van der Waals surface area contributed by atoms with Crippen molar-refractivity contribution in [2.24, 2.45) is 0 Å². The van der Waals surface area contributed by atoms with Crippen molar-refractivity contribution in [2.75, 3.05) is 12.5 Å². The number of thioether (sulfide) groups is 2. The van der Waals surface area contributed by atoms with Crippen molar-refractivity contribution >= 4 is 34.9 Å². The van der Waals surface area contributed by atoms with Crippen LogP contribution >= 0.6 is 34.9 Å². The minimum atomic E-state index is 0.109. The third-order valence-corrected chi connectivity index (χ3v) is 4.30. The van der Waals surface area contributed by atoms with E-state index in [1.54, 1.807) is 47.0 Å². The smallest absolute Gasteiger partial charge is 0.182 e. The quantitative estimate of drug-likeness (QED) is 0.689. The summed E-state index contributed by atoms with van der Waals surface area (Å²) in [7, 11) is 0. The highest BCUT2D eigenvalue weighted by Crippen LogP contribution is 2.26. The maximum atomic E-state index is 11.0. The highest BCUT2D eigenvalue weighted by molar-refractivity contribution is 8.02. The summed E-state index contributed by atoms with van der Waals surface area (Å²) in [6.07, 6.45) is 3.96. The van der Waals surface area contributed by atoms with Gasteiger partial charge in [-0.1, -0.05) is 0 Å². The zero-order chi connectivity index (χ0) is 8.27. The molecule has 0 aliphatic carbocycles. The van der Waals surface area contributed by atoms with Crippen LogP contribution < -0.4 is 5.43 Å². The highest BCUT2D eigenvalue weighted by Gasteiger charge is 1.96. The maximum Gasteiger partial charge on any atom is 0.182 e. The molecule has 0 unspecified atom stereocenters. The predicted octanol–water partition coefficient (Wildman–Crippen LogP) is 2.55. The Labute approximate surface area is 78.2 Å². The monoisotopic (exact) mass is 204 g/mol. The Hall–Kier alpha value is 0.0700. The zero-order valence-electron chi connectivity index (χ0n) is 6.29. The topological polar surface area (TPSA) is 17.1 Å². The second-order valence-corrected chi connectivity index (χ2v) is 5.14. The van der Waals surface area contributed by atoms with E-state index < -0.39 is 0 Å². The lowest BCUT2D eigenvalue weighted by Crippen LogP contribution is -1.94. The molecule has 1 rings (SSSR count). The van der Waals surface area contributed by atoms with Gasteiger partial charge in [0, 0.05) is 12.1 Å². The van der Waals surface area contributed by atoms with Crippen molar-refractivity contribution in [1.82, 2.24) is 0 Å². The summed E-state index contributed by atoms with van der Waals surface area (Å²) in [6, 6.07) is 3.35. The van der Waals surface area contributed by atoms with Crippen molar-refractivity contribution in [3.05, 3.63) is 22.4 Å². The van der Waals surface area contributed by atoms with Crippen LogP contribution in [0.15, 0.2) is 25.3 Å². The molecule has 0 aliphatic heterocycles. The molecule has 0 radical (unpaired) electrons. The van der Waals surface area contributed by atoms with E-state index in [1.165, 1.54) is 0 Å². The Kier molecular flexibility index (Phi) is 3.48. The molecule has 1 nitrogen and oxygen atoms in total. The van der Waals surface area contributed by atoms with E-state index in [0.29, 0.717) is 0 Å². The van der Waals surface area contributed by atoms with Gasteiger partial charge in [0.15, 0.2) is 5.43 Å². The standard InChI is InChI=1S/C7H8OS3/c1-9-6-3-5(8)4-7(10-2)11-6/h3-4H,1-2H3. The first-order valence-corrected chi connectivity index (χ1v) is 6.26. The summed E-state index contributed by atoms with van der Waals surface area (Å²) in [4.78, 5) is 11.0. The molecule has 4 heteroatoms. The van der Waals surface area contributed by atoms with Gasteiger partial charge in [0.2, 0.25) is 0 Å². The van der Waals surface area contributed by atoms with Gasteiger partial charge < -0.3 is 0 Å². The normalized spacial score (nSPS) is 10.0. The van der Waals surface area contributed by atoms with Gasteiger partial charge in [-0.15, -0.1) is 34.9 Å². The molecule has 0 bridgehead atoms. The van der Waals surface area contributed by atoms with E-state index in [0.717, 1.165) is 8.42 Å². The molecule has 1 aromatic heterocycles. The first-order valence-electron chi connectivity index (χ1n) is 2.99. The van der Waals surface area contributed by atoms with Crippen molar-refractivity contribution < 1.29 is 0 Å². The van der Waals surface area contributed by atoms with Gasteiger partial charge in [-0.05, 0) is 12.5 Å². The van der Waals surface area contributed by atoms with Crippen LogP contribution in [0.1, 0.15) is 0 Å². The molecule has 0 saturated carbocycles. The second-order valence-electron chi connectivity index (χ2n) is 1.84. The Morgan fingerprint density at radius 3 is 2.00 bits per heavy atom. The zero-order valence-corrected chi connectivity index (χ0v) is 8.74. The van der Waals surface area contributed by atoms with Crippen LogP contribution in [-0.4, -0.2) is 12.5 Å². The minimum Gasteiger partial charge on any atom is -0.290 e. The molecular formula is C7H8OS3. The molecule has 0 aromatic carbocycles. The predicted molar refractivity (Wildman–Crippen MR) is 54.2 cm³/mol. The maximum absolute atomic E-state index is 11.0. The fraction of sp³-hybridized carbons (Fsp3) is 0.286. The molecule has 0 spiro atoms. The van der Waals surface area contributed by atoms with Crippen LogP contribution in [0.25, 0.3) is 0 Å². The third-order valence-electron chi connectivity index (χ3n) is 1.12. The lowest BCUT2D eigenvalue weighted by molar-refractivity contribution is 1.48. The molecule has 11 heavy (non-hydrogen) atoms. The van der Waals surface area contributed by atoms with Crippen LogP contribution in [0, 0.1) is 0 Å². The molecule has 0 amide bonds. The molecule has 0 aliphatic rings. The molecule has 60 valence electrons. The molecule has 0 saturated heterocycles. The molecule has 1 heterocycles. The van der Waals surface area contributed by atoms with E-state index in [1.807, 2.05) is 12.5 Å². The number of rotatable bonds is 2.